The second kappa shape index (κ2) is 13.2. The summed E-state index contributed by atoms with van der Waals surface area (Å²) >= 11 is 3.47. The first-order chi connectivity index (χ1) is 13.7. The van der Waals surface area contributed by atoms with Gasteiger partial charge in [0.15, 0.2) is 5.78 Å². The van der Waals surface area contributed by atoms with Gasteiger partial charge in [0.1, 0.15) is 11.5 Å². The number of alkyl halides is 1. The van der Waals surface area contributed by atoms with Crippen LogP contribution >= 0.6 is 15.9 Å². The van der Waals surface area contributed by atoms with E-state index in [1.54, 1.807) is 14.0 Å². The van der Waals surface area contributed by atoms with Gasteiger partial charge in [-0.15, -0.1) is 0 Å². The molecular formula is C22H34BrNO4. The summed E-state index contributed by atoms with van der Waals surface area (Å²) in [6.45, 7) is 6.26. The van der Waals surface area contributed by atoms with Gasteiger partial charge < -0.3 is 14.2 Å². The molecule has 0 saturated carbocycles. The van der Waals surface area contributed by atoms with Gasteiger partial charge in [0.2, 0.25) is 0 Å². The van der Waals surface area contributed by atoms with E-state index < -0.39 is 0 Å². The maximum atomic E-state index is 12.2. The van der Waals surface area contributed by atoms with E-state index in [1.165, 1.54) is 25.7 Å². The molecule has 0 N–H and O–H groups in total. The van der Waals surface area contributed by atoms with Crippen LogP contribution in [0.1, 0.15) is 61.4 Å². The van der Waals surface area contributed by atoms with Gasteiger partial charge in [-0.05, 0) is 25.8 Å². The third kappa shape index (κ3) is 7.72. The largest absolute Gasteiger partial charge is 0.496 e. The van der Waals surface area contributed by atoms with E-state index in [2.05, 4.69) is 20.8 Å². The van der Waals surface area contributed by atoms with Crippen LogP contribution in [-0.2, 0) is 11.3 Å². The molecule has 28 heavy (non-hydrogen) atoms. The molecule has 0 aromatic heterocycles. The number of carbonyl (C=O) groups is 1. The van der Waals surface area contributed by atoms with E-state index in [-0.39, 0.29) is 5.78 Å². The monoisotopic (exact) mass is 455 g/mol. The van der Waals surface area contributed by atoms with Crippen molar-refractivity contribution in [3.05, 3.63) is 23.3 Å². The van der Waals surface area contributed by atoms with Crippen molar-refractivity contribution in [2.24, 2.45) is 0 Å². The van der Waals surface area contributed by atoms with Gasteiger partial charge in [0, 0.05) is 36.6 Å². The van der Waals surface area contributed by atoms with Crippen LogP contribution in [-0.4, -0.2) is 56.0 Å². The molecule has 0 bridgehead atoms. The molecule has 1 fully saturated rings. The summed E-state index contributed by atoms with van der Waals surface area (Å²) in [5, 5.41) is 1.09. The van der Waals surface area contributed by atoms with Gasteiger partial charge in [-0.3, -0.25) is 9.69 Å². The molecule has 0 aliphatic carbocycles. The number of ether oxygens (including phenoxy) is 3. The van der Waals surface area contributed by atoms with Crippen molar-refractivity contribution >= 4 is 21.7 Å². The smallest absolute Gasteiger partial charge is 0.163 e. The standard InChI is InChI=1S/C22H34BrNO4/c1-18(25)20-15-19(17-24-10-13-27-14-11-24)21(26-2)16-22(20)28-12-8-6-4-3-5-7-9-23/h15-16H,3-14,17H2,1-2H3. The Kier molecular flexibility index (Phi) is 10.9. The molecule has 5 nitrogen and oxygen atoms in total. The van der Waals surface area contributed by atoms with Crippen molar-refractivity contribution in [1.82, 2.24) is 4.90 Å². The Morgan fingerprint density at radius 3 is 2.39 bits per heavy atom. The number of unbranched alkanes of at least 4 members (excludes halogenated alkanes) is 5. The zero-order valence-corrected chi connectivity index (χ0v) is 18.9. The van der Waals surface area contributed by atoms with E-state index in [1.807, 2.05) is 12.1 Å². The molecule has 1 saturated heterocycles. The zero-order valence-electron chi connectivity index (χ0n) is 17.3. The maximum Gasteiger partial charge on any atom is 0.163 e. The quantitative estimate of drug-likeness (QED) is 0.241. The third-order valence-corrected chi connectivity index (χ3v) is 5.61. The molecule has 1 heterocycles. The van der Waals surface area contributed by atoms with E-state index in [4.69, 9.17) is 14.2 Å². The Balaban J connectivity index is 1.94. The van der Waals surface area contributed by atoms with Crippen LogP contribution in [0.4, 0.5) is 0 Å². The molecule has 0 unspecified atom stereocenters. The number of Topliss-reactive ketones (excluding diaryl/α,β-unsaturated/α-hetero) is 1. The van der Waals surface area contributed by atoms with Gasteiger partial charge in [0.25, 0.3) is 0 Å². The SMILES string of the molecule is COc1cc(OCCCCCCCCBr)c(C(C)=O)cc1CN1CCOCC1. The fourth-order valence-corrected chi connectivity index (χ4v) is 3.80. The summed E-state index contributed by atoms with van der Waals surface area (Å²) < 4.78 is 17.0. The molecule has 2 rings (SSSR count). The minimum atomic E-state index is 0.0238. The van der Waals surface area contributed by atoms with E-state index >= 15 is 0 Å². The Morgan fingerprint density at radius 2 is 1.75 bits per heavy atom. The number of hydrogen-bond acceptors (Lipinski definition) is 5. The molecule has 1 aliphatic rings. The number of nitrogens with zero attached hydrogens (tertiary/aromatic N) is 1. The van der Waals surface area contributed by atoms with Crippen LogP contribution in [0.3, 0.4) is 0 Å². The zero-order chi connectivity index (χ0) is 20.2. The van der Waals surface area contributed by atoms with Crippen molar-refractivity contribution < 1.29 is 19.0 Å². The lowest BCUT2D eigenvalue weighted by atomic mass is 10.0. The lowest BCUT2D eigenvalue weighted by Gasteiger charge is -2.27. The molecule has 1 aromatic carbocycles. The fraction of sp³-hybridized carbons (Fsp3) is 0.682. The first-order valence-electron chi connectivity index (χ1n) is 10.4. The number of hydrogen-bond donors (Lipinski definition) is 0. The minimum absolute atomic E-state index is 0.0238. The summed E-state index contributed by atoms with van der Waals surface area (Å²) in [5.41, 5.74) is 1.66. The average Bonchev–Trinajstić information content (AvgIpc) is 2.71. The lowest BCUT2D eigenvalue weighted by molar-refractivity contribution is 0.0338. The van der Waals surface area contributed by atoms with Crippen LogP contribution in [0.25, 0.3) is 0 Å². The Labute approximate surface area is 177 Å². The molecule has 0 amide bonds. The average molecular weight is 456 g/mol. The van der Waals surface area contributed by atoms with Crippen LogP contribution in [0.2, 0.25) is 0 Å². The van der Waals surface area contributed by atoms with Gasteiger partial charge in [0.05, 0.1) is 32.5 Å². The molecule has 1 aliphatic heterocycles. The first kappa shape index (κ1) is 23.2. The van der Waals surface area contributed by atoms with Crippen molar-refractivity contribution in [3.8, 4) is 11.5 Å². The van der Waals surface area contributed by atoms with Gasteiger partial charge in [-0.1, -0.05) is 41.6 Å². The molecule has 0 radical (unpaired) electrons. The molecule has 0 atom stereocenters. The van der Waals surface area contributed by atoms with E-state index in [0.717, 1.165) is 62.3 Å². The van der Waals surface area contributed by atoms with Crippen molar-refractivity contribution in [2.75, 3.05) is 45.4 Å². The van der Waals surface area contributed by atoms with Gasteiger partial charge in [-0.2, -0.15) is 0 Å². The highest BCUT2D eigenvalue weighted by atomic mass is 79.9. The second-order valence-electron chi connectivity index (χ2n) is 7.26. The first-order valence-corrected chi connectivity index (χ1v) is 11.5. The summed E-state index contributed by atoms with van der Waals surface area (Å²) in [5.74, 6) is 1.44. The predicted molar refractivity (Wildman–Crippen MR) is 116 cm³/mol. The van der Waals surface area contributed by atoms with Crippen molar-refractivity contribution in [2.45, 2.75) is 52.0 Å². The molecule has 0 spiro atoms. The second-order valence-corrected chi connectivity index (χ2v) is 8.06. The Bertz CT molecular complexity index is 602. The van der Waals surface area contributed by atoms with Crippen LogP contribution < -0.4 is 9.47 Å². The van der Waals surface area contributed by atoms with Gasteiger partial charge in [-0.25, -0.2) is 0 Å². The third-order valence-electron chi connectivity index (χ3n) is 5.05. The highest BCUT2D eigenvalue weighted by molar-refractivity contribution is 9.09. The number of benzene rings is 1. The number of halogens is 1. The van der Waals surface area contributed by atoms with Crippen LogP contribution in [0.5, 0.6) is 11.5 Å². The van der Waals surface area contributed by atoms with E-state index in [9.17, 15) is 4.79 Å². The number of rotatable bonds is 13. The predicted octanol–water partition coefficient (Wildman–Crippen LogP) is 4.84. The number of morpholine rings is 1. The topological polar surface area (TPSA) is 48.0 Å². The number of ketones is 1. The molecule has 1 aromatic rings. The summed E-state index contributed by atoms with van der Waals surface area (Å²) in [7, 11) is 1.67. The summed E-state index contributed by atoms with van der Waals surface area (Å²) in [4.78, 5) is 14.5. The van der Waals surface area contributed by atoms with Gasteiger partial charge >= 0.3 is 0 Å². The van der Waals surface area contributed by atoms with E-state index in [0.29, 0.717) is 17.9 Å². The summed E-state index contributed by atoms with van der Waals surface area (Å²) in [6, 6.07) is 3.81. The summed E-state index contributed by atoms with van der Waals surface area (Å²) in [6.07, 6.45) is 7.19. The highest BCUT2D eigenvalue weighted by Crippen LogP contribution is 2.31. The molecule has 158 valence electrons. The minimum Gasteiger partial charge on any atom is -0.496 e. The van der Waals surface area contributed by atoms with Crippen LogP contribution in [0, 0.1) is 0 Å². The molecular weight excluding hydrogens is 422 g/mol. The number of carbonyl (C=O) groups excluding carboxylic acids is 1. The lowest BCUT2D eigenvalue weighted by Crippen LogP contribution is -2.35. The molecule has 6 heteroatoms. The Hall–Kier alpha value is -1.11. The fourth-order valence-electron chi connectivity index (χ4n) is 3.40. The van der Waals surface area contributed by atoms with Crippen molar-refractivity contribution in [3.63, 3.8) is 0 Å². The maximum absolute atomic E-state index is 12.2. The van der Waals surface area contributed by atoms with Crippen molar-refractivity contribution in [1.29, 1.82) is 0 Å². The highest BCUT2D eigenvalue weighted by Gasteiger charge is 2.18. The Morgan fingerprint density at radius 1 is 1.07 bits per heavy atom. The normalized spacial score (nSPS) is 14.8. The number of methoxy groups -OCH3 is 1. The van der Waals surface area contributed by atoms with Crippen LogP contribution in [0.15, 0.2) is 12.1 Å².